The zero-order chi connectivity index (χ0) is 21.8. The van der Waals surface area contributed by atoms with Gasteiger partial charge in [-0.25, -0.2) is 4.98 Å². The summed E-state index contributed by atoms with van der Waals surface area (Å²) in [5, 5.41) is 1.01. The Hall–Kier alpha value is -4.31. The van der Waals surface area contributed by atoms with Crippen LogP contribution in [0.2, 0.25) is 0 Å². The van der Waals surface area contributed by atoms with Crippen LogP contribution in [-0.4, -0.2) is 15.9 Å². The van der Waals surface area contributed by atoms with Gasteiger partial charge in [-0.2, -0.15) is 0 Å². The van der Waals surface area contributed by atoms with Crippen LogP contribution in [0, 0.1) is 0 Å². The van der Waals surface area contributed by atoms with Crippen LogP contribution >= 0.6 is 0 Å². The first kappa shape index (κ1) is 19.6. The molecule has 0 spiro atoms. The molecule has 4 heteroatoms. The summed E-state index contributed by atoms with van der Waals surface area (Å²) < 4.78 is 0. The number of pyridine rings is 2. The van der Waals surface area contributed by atoms with Crippen molar-refractivity contribution in [2.45, 2.75) is 6.54 Å². The van der Waals surface area contributed by atoms with E-state index in [4.69, 9.17) is 0 Å². The molecule has 154 valence electrons. The van der Waals surface area contributed by atoms with E-state index in [1.165, 1.54) is 0 Å². The summed E-state index contributed by atoms with van der Waals surface area (Å²) in [5.41, 5.74) is 5.06. The smallest absolute Gasteiger partial charge is 0.277 e. The minimum Gasteiger partial charge on any atom is -0.301 e. The summed E-state index contributed by atoms with van der Waals surface area (Å²) in [6, 6.07) is 35.5. The number of rotatable bonds is 5. The van der Waals surface area contributed by atoms with Crippen molar-refractivity contribution < 1.29 is 4.79 Å². The molecular formula is C28H21N3O. The van der Waals surface area contributed by atoms with Gasteiger partial charge in [0.2, 0.25) is 0 Å². The molecule has 0 saturated heterocycles. The molecule has 0 radical (unpaired) electrons. The number of benzene rings is 3. The van der Waals surface area contributed by atoms with E-state index in [0.29, 0.717) is 12.2 Å². The molecule has 4 nitrogen and oxygen atoms in total. The van der Waals surface area contributed by atoms with E-state index in [1.807, 2.05) is 91.0 Å². The summed E-state index contributed by atoms with van der Waals surface area (Å²) in [6.07, 6.45) is 1.74. The molecule has 0 aliphatic carbocycles. The van der Waals surface area contributed by atoms with E-state index >= 15 is 0 Å². The maximum absolute atomic E-state index is 13.6. The van der Waals surface area contributed by atoms with Crippen LogP contribution in [-0.2, 0) is 6.54 Å². The van der Waals surface area contributed by atoms with Gasteiger partial charge in [-0.1, -0.05) is 72.8 Å². The lowest BCUT2D eigenvalue weighted by molar-refractivity contribution is 0.0980. The minimum absolute atomic E-state index is 0.158. The normalized spacial score (nSPS) is 10.8. The van der Waals surface area contributed by atoms with Crippen molar-refractivity contribution in [1.82, 2.24) is 9.97 Å². The third-order valence-electron chi connectivity index (χ3n) is 5.40. The predicted molar refractivity (Wildman–Crippen MR) is 128 cm³/mol. The van der Waals surface area contributed by atoms with Crippen molar-refractivity contribution in [2.75, 3.05) is 4.90 Å². The Bertz CT molecular complexity index is 1350. The van der Waals surface area contributed by atoms with E-state index < -0.39 is 0 Å². The molecule has 0 aliphatic rings. The zero-order valence-corrected chi connectivity index (χ0v) is 17.4. The highest BCUT2D eigenvalue weighted by Gasteiger charge is 2.20. The van der Waals surface area contributed by atoms with Gasteiger partial charge >= 0.3 is 0 Å². The topological polar surface area (TPSA) is 46.1 Å². The lowest BCUT2D eigenvalue weighted by Crippen LogP contribution is -2.31. The van der Waals surface area contributed by atoms with Gasteiger partial charge in [-0.05, 0) is 47.5 Å². The maximum atomic E-state index is 13.6. The van der Waals surface area contributed by atoms with Crippen LogP contribution in [0.25, 0.3) is 22.0 Å². The van der Waals surface area contributed by atoms with Gasteiger partial charge in [-0.3, -0.25) is 9.78 Å². The molecule has 0 atom stereocenters. The Labute approximate surface area is 186 Å². The molecule has 32 heavy (non-hydrogen) atoms. The number of carbonyl (C=O) groups is 1. The Morgan fingerprint density at radius 3 is 2.19 bits per heavy atom. The van der Waals surface area contributed by atoms with Crippen LogP contribution < -0.4 is 4.90 Å². The number of nitrogens with zero attached hydrogens (tertiary/aromatic N) is 3. The predicted octanol–water partition coefficient (Wildman–Crippen LogP) is 6.14. The first-order chi connectivity index (χ1) is 15.8. The second kappa shape index (κ2) is 8.82. The van der Waals surface area contributed by atoms with Crippen molar-refractivity contribution in [3.05, 3.63) is 127 Å². The molecule has 1 amide bonds. The molecule has 0 fully saturated rings. The molecule has 5 rings (SSSR count). The summed E-state index contributed by atoms with van der Waals surface area (Å²) >= 11 is 0. The molecule has 3 aromatic carbocycles. The van der Waals surface area contributed by atoms with E-state index in [0.717, 1.165) is 33.4 Å². The van der Waals surface area contributed by atoms with Crippen LogP contribution in [0.4, 0.5) is 5.69 Å². The van der Waals surface area contributed by atoms with Crippen molar-refractivity contribution in [3.63, 3.8) is 0 Å². The Morgan fingerprint density at radius 1 is 0.688 bits per heavy atom. The molecule has 2 aromatic heterocycles. The van der Waals surface area contributed by atoms with E-state index in [9.17, 15) is 4.79 Å². The average Bonchev–Trinajstić information content (AvgIpc) is 2.88. The molecular weight excluding hydrogens is 394 g/mol. The van der Waals surface area contributed by atoms with Crippen LogP contribution in [0.3, 0.4) is 0 Å². The number of aromatic nitrogens is 2. The highest BCUT2D eigenvalue weighted by Crippen LogP contribution is 2.25. The largest absolute Gasteiger partial charge is 0.301 e. The second-order valence-electron chi connectivity index (χ2n) is 7.51. The number of para-hydroxylation sites is 1. The number of hydrogen-bond acceptors (Lipinski definition) is 3. The minimum atomic E-state index is -0.158. The van der Waals surface area contributed by atoms with Crippen LogP contribution in [0.5, 0.6) is 0 Å². The van der Waals surface area contributed by atoms with Crippen LogP contribution in [0.1, 0.15) is 16.2 Å². The third kappa shape index (κ3) is 4.12. The van der Waals surface area contributed by atoms with E-state index in [2.05, 4.69) is 22.1 Å². The second-order valence-corrected chi connectivity index (χ2v) is 7.51. The molecule has 0 unspecified atom stereocenters. The summed E-state index contributed by atoms with van der Waals surface area (Å²) in [7, 11) is 0. The van der Waals surface area contributed by atoms with E-state index in [-0.39, 0.29) is 5.91 Å². The lowest BCUT2D eigenvalue weighted by atomic mass is 10.1. The molecule has 0 bridgehead atoms. The standard InChI is InChI=1S/C28H21N3O/c32-28(27-18-15-23-10-4-5-12-26(23)30-27)31(20-24-11-6-7-19-29-24)25-16-13-22(14-17-25)21-8-2-1-3-9-21/h1-19H,20H2. The van der Waals surface area contributed by atoms with Crippen molar-refractivity contribution in [2.24, 2.45) is 0 Å². The molecule has 2 heterocycles. The first-order valence-corrected chi connectivity index (χ1v) is 10.5. The Balaban J connectivity index is 1.51. The highest BCUT2D eigenvalue weighted by atomic mass is 16.2. The first-order valence-electron chi connectivity index (χ1n) is 10.5. The Kier molecular flexibility index (Phi) is 5.41. The maximum Gasteiger partial charge on any atom is 0.277 e. The van der Waals surface area contributed by atoms with Crippen LogP contribution in [0.15, 0.2) is 115 Å². The summed E-state index contributed by atoms with van der Waals surface area (Å²) in [5.74, 6) is -0.158. The van der Waals surface area contributed by atoms with Gasteiger partial charge in [0, 0.05) is 17.3 Å². The Morgan fingerprint density at radius 2 is 1.41 bits per heavy atom. The quantitative estimate of drug-likeness (QED) is 0.346. The number of fused-ring (bicyclic) bond motifs is 1. The highest BCUT2D eigenvalue weighted by molar-refractivity contribution is 6.05. The zero-order valence-electron chi connectivity index (χ0n) is 17.4. The molecule has 5 aromatic rings. The van der Waals surface area contributed by atoms with Gasteiger partial charge in [0.15, 0.2) is 0 Å². The number of anilines is 1. The summed E-state index contributed by atoms with van der Waals surface area (Å²) in [4.78, 5) is 24.4. The van der Waals surface area contributed by atoms with Crippen molar-refractivity contribution >= 4 is 22.5 Å². The fourth-order valence-corrected chi connectivity index (χ4v) is 3.72. The van der Waals surface area contributed by atoms with Crippen molar-refractivity contribution in [1.29, 1.82) is 0 Å². The van der Waals surface area contributed by atoms with Gasteiger partial charge in [0.05, 0.1) is 17.8 Å². The fourth-order valence-electron chi connectivity index (χ4n) is 3.72. The van der Waals surface area contributed by atoms with Gasteiger partial charge in [0.1, 0.15) is 5.69 Å². The fraction of sp³-hybridized carbons (Fsp3) is 0.0357. The van der Waals surface area contributed by atoms with Gasteiger partial charge in [-0.15, -0.1) is 0 Å². The molecule has 0 saturated carbocycles. The monoisotopic (exact) mass is 415 g/mol. The average molecular weight is 415 g/mol. The molecule has 0 aliphatic heterocycles. The van der Waals surface area contributed by atoms with Gasteiger partial charge < -0.3 is 4.90 Å². The number of hydrogen-bond donors (Lipinski definition) is 0. The van der Waals surface area contributed by atoms with E-state index in [1.54, 1.807) is 17.2 Å². The van der Waals surface area contributed by atoms with Crippen molar-refractivity contribution in [3.8, 4) is 11.1 Å². The number of amides is 1. The lowest BCUT2D eigenvalue weighted by Gasteiger charge is -2.23. The SMILES string of the molecule is O=C(c1ccc2ccccc2n1)N(Cc1ccccn1)c1ccc(-c2ccccc2)cc1. The number of carbonyl (C=O) groups excluding carboxylic acids is 1. The summed E-state index contributed by atoms with van der Waals surface area (Å²) in [6.45, 7) is 0.360. The van der Waals surface area contributed by atoms with Gasteiger partial charge in [0.25, 0.3) is 5.91 Å². The molecule has 0 N–H and O–H groups in total. The third-order valence-corrected chi connectivity index (χ3v) is 5.40.